The van der Waals surface area contributed by atoms with Crippen LogP contribution in [0.15, 0.2) is 70.9 Å². The van der Waals surface area contributed by atoms with Gasteiger partial charge in [-0.05, 0) is 99.6 Å². The fourth-order valence-corrected chi connectivity index (χ4v) is 7.97. The monoisotopic (exact) mass is 590 g/mol. The van der Waals surface area contributed by atoms with Gasteiger partial charge in [0.1, 0.15) is 23.0 Å². The summed E-state index contributed by atoms with van der Waals surface area (Å²) in [5.41, 5.74) is 23.3. The van der Waals surface area contributed by atoms with E-state index >= 15 is 0 Å². The molecule has 0 radical (unpaired) electrons. The fraction of sp³-hybridized carbons (Fsp3) is 0.353. The summed E-state index contributed by atoms with van der Waals surface area (Å²) < 4.78 is 17.2. The zero-order valence-corrected chi connectivity index (χ0v) is 25.2. The number of aromatic hydroxyl groups is 1. The lowest BCUT2D eigenvalue weighted by Gasteiger charge is -2.48. The summed E-state index contributed by atoms with van der Waals surface area (Å²) in [4.78, 5) is 5.80. The minimum Gasteiger partial charge on any atom is -0.507 e. The lowest BCUT2D eigenvalue weighted by atomic mass is 9.56. The molecule has 2 aliphatic rings. The summed E-state index contributed by atoms with van der Waals surface area (Å²) in [5, 5.41) is 20.7. The van der Waals surface area contributed by atoms with Gasteiger partial charge >= 0.3 is 0 Å². The largest absolute Gasteiger partial charge is 0.507 e. The van der Waals surface area contributed by atoms with Gasteiger partial charge in [-0.3, -0.25) is 0 Å². The molecule has 0 aromatic heterocycles. The van der Waals surface area contributed by atoms with Crippen LogP contribution in [-0.2, 0) is 5.41 Å². The number of azide groups is 2. The van der Waals surface area contributed by atoms with Crippen LogP contribution in [0.2, 0.25) is 0 Å². The number of ether oxygens (including phenoxy) is 3. The third kappa shape index (κ3) is 4.69. The van der Waals surface area contributed by atoms with Crippen LogP contribution in [-0.4, -0.2) is 32.6 Å². The SMILES string of the molecule is COc1cc(OCN=[N+]=[N-])ccc1-c1cc2c(O)cc3c(c2cc1OC)-c1ccccc1C31CC(C)CC(C)(CN=[N+]=[N-])C1. The van der Waals surface area contributed by atoms with Gasteiger partial charge in [-0.15, -0.1) is 0 Å². The van der Waals surface area contributed by atoms with Crippen molar-refractivity contribution in [3.05, 3.63) is 92.7 Å². The molecule has 1 saturated carbocycles. The Bertz CT molecular complexity index is 1880. The van der Waals surface area contributed by atoms with Crippen molar-refractivity contribution < 1.29 is 19.3 Å². The first kappa shape index (κ1) is 29.1. The molecule has 0 amide bonds. The fourth-order valence-electron chi connectivity index (χ4n) is 7.97. The second-order valence-corrected chi connectivity index (χ2v) is 12.3. The summed E-state index contributed by atoms with van der Waals surface area (Å²) >= 11 is 0. The average molecular weight is 591 g/mol. The Morgan fingerprint density at radius 1 is 0.864 bits per heavy atom. The quantitative estimate of drug-likeness (QED) is 0.124. The molecule has 1 spiro atoms. The van der Waals surface area contributed by atoms with Gasteiger partial charge in [0.25, 0.3) is 0 Å². The minimum atomic E-state index is -0.324. The molecule has 3 unspecified atom stereocenters. The van der Waals surface area contributed by atoms with Gasteiger partial charge in [0.15, 0.2) is 6.73 Å². The lowest BCUT2D eigenvalue weighted by Crippen LogP contribution is -2.42. The molecule has 1 N–H and O–H groups in total. The van der Waals surface area contributed by atoms with Crippen LogP contribution in [0.25, 0.3) is 53.9 Å². The molecule has 224 valence electrons. The Balaban J connectivity index is 1.56. The van der Waals surface area contributed by atoms with Crippen molar-refractivity contribution in [1.82, 2.24) is 0 Å². The van der Waals surface area contributed by atoms with E-state index in [0.29, 0.717) is 35.1 Å². The second kappa shape index (κ2) is 11.2. The van der Waals surface area contributed by atoms with E-state index in [1.807, 2.05) is 24.3 Å². The van der Waals surface area contributed by atoms with Crippen LogP contribution in [0.4, 0.5) is 0 Å². The van der Waals surface area contributed by atoms with Crippen LogP contribution >= 0.6 is 0 Å². The smallest absolute Gasteiger partial charge is 0.167 e. The maximum atomic E-state index is 11.7. The van der Waals surface area contributed by atoms with Gasteiger partial charge < -0.3 is 19.3 Å². The highest BCUT2D eigenvalue weighted by atomic mass is 16.5. The second-order valence-electron chi connectivity index (χ2n) is 12.3. The summed E-state index contributed by atoms with van der Waals surface area (Å²) in [6.45, 7) is 4.79. The predicted octanol–water partition coefficient (Wildman–Crippen LogP) is 9.28. The molecule has 0 heterocycles. The lowest BCUT2D eigenvalue weighted by molar-refractivity contribution is 0.119. The molecular formula is C34H34N6O4. The molecular weight excluding hydrogens is 556 g/mol. The van der Waals surface area contributed by atoms with Crippen LogP contribution < -0.4 is 14.2 Å². The van der Waals surface area contributed by atoms with Crippen LogP contribution in [0.3, 0.4) is 0 Å². The van der Waals surface area contributed by atoms with Gasteiger partial charge in [-0.1, -0.05) is 48.3 Å². The van der Waals surface area contributed by atoms with Gasteiger partial charge in [-0.2, -0.15) is 0 Å². The van der Waals surface area contributed by atoms with Crippen molar-refractivity contribution in [2.75, 3.05) is 27.5 Å². The third-order valence-electron chi connectivity index (χ3n) is 9.26. The maximum absolute atomic E-state index is 11.7. The normalized spacial score (nSPS) is 21.6. The minimum absolute atomic E-state index is 0.135. The molecule has 4 aromatic rings. The number of rotatable bonds is 8. The van der Waals surface area contributed by atoms with Gasteiger partial charge in [0.2, 0.25) is 0 Å². The van der Waals surface area contributed by atoms with E-state index in [0.717, 1.165) is 52.5 Å². The summed E-state index contributed by atoms with van der Waals surface area (Å²) in [6, 6.07) is 19.8. The highest BCUT2D eigenvalue weighted by Crippen LogP contribution is 2.63. The van der Waals surface area contributed by atoms with E-state index in [4.69, 9.17) is 25.3 Å². The number of phenols is 1. The van der Waals surface area contributed by atoms with E-state index in [-0.39, 0.29) is 23.3 Å². The molecule has 3 atom stereocenters. The van der Waals surface area contributed by atoms with E-state index in [1.165, 1.54) is 5.56 Å². The zero-order valence-electron chi connectivity index (χ0n) is 25.2. The van der Waals surface area contributed by atoms with Gasteiger partial charge in [-0.25, -0.2) is 0 Å². The number of phenolic OH excluding ortho intramolecular Hbond substituents is 1. The van der Waals surface area contributed by atoms with Crippen molar-refractivity contribution in [2.24, 2.45) is 21.6 Å². The van der Waals surface area contributed by atoms with Crippen LogP contribution in [0.1, 0.15) is 44.2 Å². The highest BCUT2D eigenvalue weighted by molar-refractivity contribution is 6.07. The molecule has 0 saturated heterocycles. The molecule has 44 heavy (non-hydrogen) atoms. The first-order chi connectivity index (χ1) is 21.3. The molecule has 4 aromatic carbocycles. The molecule has 10 nitrogen and oxygen atoms in total. The van der Waals surface area contributed by atoms with Gasteiger partial charge in [0, 0.05) is 44.4 Å². The first-order valence-corrected chi connectivity index (χ1v) is 14.6. The highest BCUT2D eigenvalue weighted by Gasteiger charge is 2.51. The summed E-state index contributed by atoms with van der Waals surface area (Å²) in [5.74, 6) is 2.26. The molecule has 1 fully saturated rings. The van der Waals surface area contributed by atoms with Crippen molar-refractivity contribution in [2.45, 2.75) is 38.5 Å². The Labute approximate surface area is 255 Å². The standard InChI is InChI=1S/C34H34N6O4/c1-20-15-33(2,18-37-39-35)17-34(16-20)27-8-6-5-7-23(27)32-26-13-31(43-4)25(12-24(26)29(41)14-28(32)34)22-10-9-21(11-30(22)42-3)44-19-38-40-36/h5-14,20,41H,15-19H2,1-4H3. The number of fused-ring (bicyclic) bond motifs is 7. The third-order valence-corrected chi connectivity index (χ3v) is 9.26. The maximum Gasteiger partial charge on any atom is 0.167 e. The topological polar surface area (TPSA) is 145 Å². The van der Waals surface area contributed by atoms with Crippen molar-refractivity contribution in [3.8, 4) is 45.3 Å². The Hall–Kier alpha value is -5.04. The van der Waals surface area contributed by atoms with Crippen molar-refractivity contribution in [1.29, 1.82) is 0 Å². The van der Waals surface area contributed by atoms with E-state index in [9.17, 15) is 5.11 Å². The van der Waals surface area contributed by atoms with Crippen molar-refractivity contribution >= 4 is 10.8 Å². The molecule has 2 aliphatic carbocycles. The first-order valence-electron chi connectivity index (χ1n) is 14.6. The summed E-state index contributed by atoms with van der Waals surface area (Å²) in [6.07, 6.45) is 2.73. The zero-order chi connectivity index (χ0) is 31.1. The summed E-state index contributed by atoms with van der Waals surface area (Å²) in [7, 11) is 3.21. The number of nitrogens with zero attached hydrogens (tertiary/aromatic N) is 6. The molecule has 0 aliphatic heterocycles. The number of hydrogen-bond acceptors (Lipinski definition) is 6. The van der Waals surface area contributed by atoms with Crippen LogP contribution in [0, 0.1) is 11.3 Å². The van der Waals surface area contributed by atoms with Gasteiger partial charge in [0.05, 0.1) is 14.2 Å². The number of methoxy groups -OCH3 is 2. The van der Waals surface area contributed by atoms with E-state index in [1.54, 1.807) is 26.4 Å². The van der Waals surface area contributed by atoms with E-state index in [2.05, 4.69) is 58.2 Å². The molecule has 10 heteroatoms. The predicted molar refractivity (Wildman–Crippen MR) is 170 cm³/mol. The molecule has 6 rings (SSSR count). The number of hydrogen-bond donors (Lipinski definition) is 1. The van der Waals surface area contributed by atoms with Crippen molar-refractivity contribution in [3.63, 3.8) is 0 Å². The Kier molecular flexibility index (Phi) is 7.41. The average Bonchev–Trinajstić information content (AvgIpc) is 3.27. The Morgan fingerprint density at radius 2 is 1.61 bits per heavy atom. The van der Waals surface area contributed by atoms with Crippen LogP contribution in [0.5, 0.6) is 23.0 Å². The number of benzene rings is 4. The molecule has 0 bridgehead atoms. The Morgan fingerprint density at radius 3 is 2.36 bits per heavy atom. The van der Waals surface area contributed by atoms with E-state index < -0.39 is 0 Å².